The van der Waals surface area contributed by atoms with Crippen LogP contribution in [-0.2, 0) is 0 Å². The Hall–Kier alpha value is 0.270. The van der Waals surface area contributed by atoms with Gasteiger partial charge in [0.1, 0.15) is 0 Å². The van der Waals surface area contributed by atoms with Gasteiger partial charge in [0, 0.05) is 24.7 Å². The Morgan fingerprint density at radius 3 is 2.68 bits per heavy atom. The van der Waals surface area contributed by atoms with Crippen molar-refractivity contribution in [2.24, 2.45) is 0 Å². The number of rotatable bonds is 6. The van der Waals surface area contributed by atoms with E-state index in [2.05, 4.69) is 35.8 Å². The van der Waals surface area contributed by atoms with Crippen LogP contribution in [0.5, 0.6) is 0 Å². The summed E-state index contributed by atoms with van der Waals surface area (Å²) in [5.41, 5.74) is 0.515. The topological polar surface area (TPSA) is 15.3 Å². The highest BCUT2D eigenvalue weighted by Gasteiger charge is 2.41. The highest BCUT2D eigenvalue weighted by Crippen LogP contribution is 2.35. The van der Waals surface area contributed by atoms with Gasteiger partial charge in [0.2, 0.25) is 0 Å². The van der Waals surface area contributed by atoms with Crippen LogP contribution in [0.3, 0.4) is 0 Å². The first-order valence-electron chi connectivity index (χ1n) is 8.37. The Morgan fingerprint density at radius 2 is 2.00 bits per heavy atom. The zero-order valence-electron chi connectivity index (χ0n) is 12.9. The van der Waals surface area contributed by atoms with E-state index in [4.69, 9.17) is 0 Å². The molecule has 2 fully saturated rings. The van der Waals surface area contributed by atoms with Gasteiger partial charge in [0.05, 0.1) is 0 Å². The van der Waals surface area contributed by atoms with Gasteiger partial charge < -0.3 is 5.32 Å². The number of piperazine rings is 1. The summed E-state index contributed by atoms with van der Waals surface area (Å²) in [5, 5.41) is 3.81. The molecule has 0 radical (unpaired) electrons. The maximum atomic E-state index is 3.81. The van der Waals surface area contributed by atoms with Gasteiger partial charge in [0.15, 0.2) is 0 Å². The summed E-state index contributed by atoms with van der Waals surface area (Å²) in [5.74, 6) is 2.61. The Morgan fingerprint density at radius 1 is 1.21 bits per heavy atom. The molecule has 3 heteroatoms. The molecule has 1 saturated heterocycles. The minimum absolute atomic E-state index is 0.515. The minimum atomic E-state index is 0.515. The fourth-order valence-corrected chi connectivity index (χ4v) is 4.40. The first kappa shape index (κ1) is 15.7. The lowest BCUT2D eigenvalue weighted by Gasteiger charge is -2.52. The summed E-state index contributed by atoms with van der Waals surface area (Å²) in [4.78, 5) is 2.87. The van der Waals surface area contributed by atoms with Crippen LogP contribution in [0.15, 0.2) is 0 Å². The number of nitrogens with one attached hydrogen (secondary N) is 1. The molecular weight excluding hydrogens is 252 g/mol. The molecule has 1 heterocycles. The molecule has 0 bridgehead atoms. The number of hydrogen-bond acceptors (Lipinski definition) is 3. The van der Waals surface area contributed by atoms with E-state index >= 15 is 0 Å². The van der Waals surface area contributed by atoms with E-state index in [0.29, 0.717) is 5.54 Å². The summed E-state index contributed by atoms with van der Waals surface area (Å²) < 4.78 is 0. The highest BCUT2D eigenvalue weighted by molar-refractivity contribution is 7.99. The Bertz CT molecular complexity index is 251. The van der Waals surface area contributed by atoms with E-state index in [0.717, 1.165) is 6.04 Å². The number of nitrogens with zero attached hydrogens (tertiary/aromatic N) is 1. The van der Waals surface area contributed by atoms with Crippen molar-refractivity contribution in [2.45, 2.75) is 70.4 Å². The lowest BCUT2D eigenvalue weighted by molar-refractivity contribution is 0.00966. The third-order valence-corrected chi connectivity index (χ3v) is 6.01. The van der Waals surface area contributed by atoms with Crippen LogP contribution in [0.25, 0.3) is 0 Å². The van der Waals surface area contributed by atoms with Crippen LogP contribution in [-0.4, -0.2) is 47.6 Å². The van der Waals surface area contributed by atoms with Crippen LogP contribution < -0.4 is 5.32 Å². The smallest absolute Gasteiger partial charge is 0.0334 e. The van der Waals surface area contributed by atoms with Gasteiger partial charge in [0.25, 0.3) is 0 Å². The molecule has 1 N–H and O–H groups in total. The molecule has 0 aromatic carbocycles. The van der Waals surface area contributed by atoms with Gasteiger partial charge in [-0.1, -0.05) is 33.1 Å². The molecule has 2 nitrogen and oxygen atoms in total. The molecule has 0 aromatic rings. The highest BCUT2D eigenvalue weighted by atomic mass is 32.2. The van der Waals surface area contributed by atoms with Gasteiger partial charge in [-0.15, -0.1) is 0 Å². The van der Waals surface area contributed by atoms with Crippen molar-refractivity contribution in [3.8, 4) is 0 Å². The molecule has 112 valence electrons. The number of thioether (sulfide) groups is 1. The standard InChI is InChI=1S/C16H32N2S/c1-3-15-13-18(11-8-12-19-4-2)16(14-17-15)9-6-5-7-10-16/h15,17H,3-14H2,1-2H3. The molecule has 1 unspecified atom stereocenters. The molecule has 0 amide bonds. The summed E-state index contributed by atoms with van der Waals surface area (Å²) in [6, 6.07) is 0.728. The van der Waals surface area contributed by atoms with Gasteiger partial charge in [-0.3, -0.25) is 4.90 Å². The summed E-state index contributed by atoms with van der Waals surface area (Å²) >= 11 is 2.10. The van der Waals surface area contributed by atoms with Crippen molar-refractivity contribution in [1.82, 2.24) is 10.2 Å². The average Bonchev–Trinajstić information content (AvgIpc) is 2.46. The third kappa shape index (κ3) is 4.12. The molecule has 0 aromatic heterocycles. The maximum absolute atomic E-state index is 3.81. The first-order valence-corrected chi connectivity index (χ1v) is 9.52. The van der Waals surface area contributed by atoms with Gasteiger partial charge in [-0.05, 0) is 43.7 Å². The van der Waals surface area contributed by atoms with E-state index in [9.17, 15) is 0 Å². The van der Waals surface area contributed by atoms with Crippen LogP contribution in [0.1, 0.15) is 58.8 Å². The molecule has 1 aliphatic carbocycles. The summed E-state index contributed by atoms with van der Waals surface area (Å²) in [6.45, 7) is 8.44. The fraction of sp³-hybridized carbons (Fsp3) is 1.00. The zero-order chi connectivity index (χ0) is 13.6. The van der Waals surface area contributed by atoms with E-state index < -0.39 is 0 Å². The molecule has 19 heavy (non-hydrogen) atoms. The Kier molecular flexibility index (Phi) is 6.51. The van der Waals surface area contributed by atoms with Crippen molar-refractivity contribution in [3.05, 3.63) is 0 Å². The summed E-state index contributed by atoms with van der Waals surface area (Å²) in [7, 11) is 0. The Labute approximate surface area is 124 Å². The van der Waals surface area contributed by atoms with E-state index in [1.807, 2.05) is 0 Å². The lowest BCUT2D eigenvalue weighted by atomic mass is 9.78. The quantitative estimate of drug-likeness (QED) is 0.751. The second-order valence-corrected chi connectivity index (χ2v) is 7.66. The fourth-order valence-electron chi connectivity index (χ4n) is 3.78. The normalized spacial score (nSPS) is 27.8. The molecular formula is C16H32N2S. The maximum Gasteiger partial charge on any atom is 0.0334 e. The lowest BCUT2D eigenvalue weighted by Crippen LogP contribution is -2.65. The minimum Gasteiger partial charge on any atom is -0.311 e. The molecule has 2 rings (SSSR count). The average molecular weight is 285 g/mol. The third-order valence-electron chi connectivity index (χ3n) is 5.03. The predicted molar refractivity (Wildman–Crippen MR) is 87.1 cm³/mol. The van der Waals surface area contributed by atoms with E-state index in [1.165, 1.54) is 76.1 Å². The largest absolute Gasteiger partial charge is 0.311 e. The van der Waals surface area contributed by atoms with Crippen LogP contribution >= 0.6 is 11.8 Å². The molecule has 1 spiro atoms. The molecule has 1 aliphatic heterocycles. The van der Waals surface area contributed by atoms with Crippen LogP contribution in [0.2, 0.25) is 0 Å². The van der Waals surface area contributed by atoms with Gasteiger partial charge in [-0.25, -0.2) is 0 Å². The molecule has 1 saturated carbocycles. The van der Waals surface area contributed by atoms with Crippen LogP contribution in [0, 0.1) is 0 Å². The van der Waals surface area contributed by atoms with Crippen molar-refractivity contribution < 1.29 is 0 Å². The monoisotopic (exact) mass is 284 g/mol. The van der Waals surface area contributed by atoms with Crippen molar-refractivity contribution in [1.29, 1.82) is 0 Å². The SMILES string of the molecule is CCSCCCN1CC(CC)NCC12CCCCC2. The van der Waals surface area contributed by atoms with Crippen molar-refractivity contribution in [3.63, 3.8) is 0 Å². The van der Waals surface area contributed by atoms with Gasteiger partial charge >= 0.3 is 0 Å². The summed E-state index contributed by atoms with van der Waals surface area (Å²) in [6.07, 6.45) is 9.84. The van der Waals surface area contributed by atoms with Crippen molar-refractivity contribution in [2.75, 3.05) is 31.1 Å². The van der Waals surface area contributed by atoms with E-state index in [1.54, 1.807) is 0 Å². The second kappa shape index (κ2) is 7.90. The molecule has 2 aliphatic rings. The van der Waals surface area contributed by atoms with E-state index in [-0.39, 0.29) is 0 Å². The first-order chi connectivity index (χ1) is 9.30. The predicted octanol–water partition coefficient (Wildman–Crippen LogP) is 3.52. The van der Waals surface area contributed by atoms with Gasteiger partial charge in [-0.2, -0.15) is 11.8 Å². The van der Waals surface area contributed by atoms with Crippen LogP contribution in [0.4, 0.5) is 0 Å². The molecule has 1 atom stereocenters. The number of hydrogen-bond donors (Lipinski definition) is 1. The van der Waals surface area contributed by atoms with Crippen molar-refractivity contribution >= 4 is 11.8 Å². The Balaban J connectivity index is 1.90. The zero-order valence-corrected chi connectivity index (χ0v) is 13.7. The second-order valence-electron chi connectivity index (χ2n) is 6.27.